The number of benzene rings is 2. The van der Waals surface area contributed by atoms with Crippen LogP contribution < -0.4 is 10.1 Å². The highest BCUT2D eigenvalue weighted by Crippen LogP contribution is 2.23. The van der Waals surface area contributed by atoms with E-state index in [1.54, 1.807) is 0 Å². The van der Waals surface area contributed by atoms with E-state index in [1.807, 2.05) is 24.3 Å². The molecule has 0 aliphatic heterocycles. The summed E-state index contributed by atoms with van der Waals surface area (Å²) in [6.07, 6.45) is 0. The van der Waals surface area contributed by atoms with E-state index in [2.05, 4.69) is 37.2 Å². The zero-order valence-electron chi connectivity index (χ0n) is 10.3. The zero-order chi connectivity index (χ0) is 14.5. The first-order valence-electron chi connectivity index (χ1n) is 5.83. The highest BCUT2D eigenvalue weighted by Gasteiger charge is 2.07. The van der Waals surface area contributed by atoms with Crippen molar-refractivity contribution in [2.24, 2.45) is 0 Å². The Kier molecular flexibility index (Phi) is 5.37. The smallest absolute Gasteiger partial charge is 0.147 e. The van der Waals surface area contributed by atoms with Gasteiger partial charge in [-0.25, -0.2) is 8.78 Å². The van der Waals surface area contributed by atoms with E-state index in [9.17, 15) is 8.78 Å². The third-order valence-electron chi connectivity index (χ3n) is 2.51. The van der Waals surface area contributed by atoms with Crippen molar-refractivity contribution in [2.45, 2.75) is 0 Å². The number of halogens is 4. The Morgan fingerprint density at radius 2 is 1.70 bits per heavy atom. The van der Waals surface area contributed by atoms with Gasteiger partial charge in [-0.1, -0.05) is 15.9 Å². The fourth-order valence-electron chi connectivity index (χ4n) is 1.54. The Morgan fingerprint density at radius 1 is 1.00 bits per heavy atom. The van der Waals surface area contributed by atoms with E-state index in [1.165, 1.54) is 0 Å². The first-order valence-corrected chi connectivity index (χ1v) is 7.41. The average molecular weight is 407 g/mol. The SMILES string of the molecule is Fc1cc(NCCOc2ccc(Br)cc2)c(F)cc1Br. The Balaban J connectivity index is 1.84. The molecule has 0 saturated carbocycles. The first-order chi connectivity index (χ1) is 9.56. The van der Waals surface area contributed by atoms with Crippen molar-refractivity contribution in [3.05, 3.63) is 57.0 Å². The monoisotopic (exact) mass is 405 g/mol. The molecule has 0 unspecified atom stereocenters. The van der Waals surface area contributed by atoms with Crippen LogP contribution >= 0.6 is 31.9 Å². The van der Waals surface area contributed by atoms with Crippen LogP contribution in [0, 0.1) is 11.6 Å². The lowest BCUT2D eigenvalue weighted by Gasteiger charge is -2.10. The van der Waals surface area contributed by atoms with Crippen molar-refractivity contribution < 1.29 is 13.5 Å². The first kappa shape index (κ1) is 15.3. The van der Waals surface area contributed by atoms with E-state index >= 15 is 0 Å². The van der Waals surface area contributed by atoms with Crippen molar-refractivity contribution in [1.82, 2.24) is 0 Å². The van der Waals surface area contributed by atoms with Crippen LogP contribution in [0.3, 0.4) is 0 Å². The number of nitrogens with one attached hydrogen (secondary N) is 1. The van der Waals surface area contributed by atoms with Gasteiger partial charge in [0, 0.05) is 17.1 Å². The maximum Gasteiger partial charge on any atom is 0.147 e. The van der Waals surface area contributed by atoms with Gasteiger partial charge < -0.3 is 10.1 Å². The molecule has 0 bridgehead atoms. The third-order valence-corrected chi connectivity index (χ3v) is 3.65. The Hall–Kier alpha value is -1.14. The number of anilines is 1. The van der Waals surface area contributed by atoms with Crippen molar-refractivity contribution in [1.29, 1.82) is 0 Å². The molecule has 0 fully saturated rings. The molecule has 2 aromatic rings. The van der Waals surface area contributed by atoms with Gasteiger partial charge in [-0.3, -0.25) is 0 Å². The molecule has 106 valence electrons. The molecule has 20 heavy (non-hydrogen) atoms. The van der Waals surface area contributed by atoms with Gasteiger partial charge >= 0.3 is 0 Å². The molecule has 2 aromatic carbocycles. The van der Waals surface area contributed by atoms with Crippen LogP contribution in [0.15, 0.2) is 45.3 Å². The topological polar surface area (TPSA) is 21.3 Å². The Labute approximate surface area is 132 Å². The predicted molar refractivity (Wildman–Crippen MR) is 82.2 cm³/mol. The molecule has 0 radical (unpaired) electrons. The van der Waals surface area contributed by atoms with Crippen molar-refractivity contribution in [3.63, 3.8) is 0 Å². The minimum atomic E-state index is -0.512. The largest absolute Gasteiger partial charge is 0.492 e. The van der Waals surface area contributed by atoms with Gasteiger partial charge in [0.15, 0.2) is 0 Å². The van der Waals surface area contributed by atoms with Gasteiger partial charge in [-0.2, -0.15) is 0 Å². The van der Waals surface area contributed by atoms with E-state index in [4.69, 9.17) is 4.74 Å². The Morgan fingerprint density at radius 3 is 2.40 bits per heavy atom. The van der Waals surface area contributed by atoms with Crippen molar-refractivity contribution in [2.75, 3.05) is 18.5 Å². The molecule has 0 saturated heterocycles. The summed E-state index contributed by atoms with van der Waals surface area (Å²) < 4.78 is 33.3. The van der Waals surface area contributed by atoms with E-state index in [0.717, 1.165) is 22.4 Å². The molecule has 2 rings (SSSR count). The van der Waals surface area contributed by atoms with Crippen LogP contribution in [-0.2, 0) is 0 Å². The molecule has 1 N–H and O–H groups in total. The number of hydrogen-bond acceptors (Lipinski definition) is 2. The molecule has 0 heterocycles. The summed E-state index contributed by atoms with van der Waals surface area (Å²) in [5.41, 5.74) is 0.116. The highest BCUT2D eigenvalue weighted by atomic mass is 79.9. The fourth-order valence-corrected chi connectivity index (χ4v) is 2.12. The van der Waals surface area contributed by atoms with Gasteiger partial charge in [0.25, 0.3) is 0 Å². The summed E-state index contributed by atoms with van der Waals surface area (Å²) in [5.74, 6) is -0.304. The molecular formula is C14H11Br2F2NO. The van der Waals surface area contributed by atoms with Crippen LogP contribution in [0.5, 0.6) is 5.75 Å². The van der Waals surface area contributed by atoms with Gasteiger partial charge in [0.2, 0.25) is 0 Å². The summed E-state index contributed by atoms with van der Waals surface area (Å²) in [6, 6.07) is 9.58. The summed E-state index contributed by atoms with van der Waals surface area (Å²) in [7, 11) is 0. The lowest BCUT2D eigenvalue weighted by Crippen LogP contribution is -2.12. The summed E-state index contributed by atoms with van der Waals surface area (Å²) >= 11 is 6.26. The van der Waals surface area contributed by atoms with E-state index in [-0.39, 0.29) is 10.2 Å². The maximum absolute atomic E-state index is 13.5. The highest BCUT2D eigenvalue weighted by molar-refractivity contribution is 9.10. The van der Waals surface area contributed by atoms with Gasteiger partial charge in [0.05, 0.1) is 10.2 Å². The molecule has 6 heteroatoms. The maximum atomic E-state index is 13.5. The molecule has 0 aromatic heterocycles. The molecule has 0 aliphatic carbocycles. The molecule has 2 nitrogen and oxygen atoms in total. The second kappa shape index (κ2) is 7.04. The third kappa shape index (κ3) is 4.18. The van der Waals surface area contributed by atoms with Crippen LogP contribution in [0.1, 0.15) is 0 Å². The predicted octanol–water partition coefficient (Wildman–Crippen LogP) is 4.98. The van der Waals surface area contributed by atoms with E-state index < -0.39 is 11.6 Å². The van der Waals surface area contributed by atoms with Crippen LogP contribution in [0.2, 0.25) is 0 Å². The average Bonchev–Trinajstić information content (AvgIpc) is 2.42. The van der Waals surface area contributed by atoms with Gasteiger partial charge in [-0.15, -0.1) is 0 Å². The fraction of sp³-hybridized carbons (Fsp3) is 0.143. The lowest BCUT2D eigenvalue weighted by atomic mass is 10.3. The molecule has 0 amide bonds. The minimum absolute atomic E-state index is 0.103. The van der Waals surface area contributed by atoms with Crippen LogP contribution in [0.25, 0.3) is 0 Å². The standard InChI is InChI=1S/C14H11Br2F2NO/c15-9-1-3-10(4-2-9)20-6-5-19-14-8-12(17)11(16)7-13(14)18/h1-4,7-8,19H,5-6H2. The molecule has 0 aliphatic rings. The number of ether oxygens (including phenoxy) is 1. The van der Waals surface area contributed by atoms with Gasteiger partial charge in [0.1, 0.15) is 24.0 Å². The summed E-state index contributed by atoms with van der Waals surface area (Å²) in [5, 5.41) is 2.79. The quantitative estimate of drug-likeness (QED) is 0.558. The molecule has 0 atom stereocenters. The van der Waals surface area contributed by atoms with Crippen molar-refractivity contribution in [3.8, 4) is 5.75 Å². The Bertz CT molecular complexity index is 590. The second-order valence-corrected chi connectivity index (χ2v) is 5.75. The minimum Gasteiger partial charge on any atom is -0.492 e. The number of hydrogen-bond donors (Lipinski definition) is 1. The normalized spacial score (nSPS) is 10.4. The number of rotatable bonds is 5. The summed E-state index contributed by atoms with van der Waals surface area (Å²) in [6.45, 7) is 0.715. The van der Waals surface area contributed by atoms with Gasteiger partial charge in [-0.05, 0) is 46.3 Å². The lowest BCUT2D eigenvalue weighted by molar-refractivity contribution is 0.332. The molecule has 0 spiro atoms. The summed E-state index contributed by atoms with van der Waals surface area (Å²) in [4.78, 5) is 0. The molecular weight excluding hydrogens is 396 g/mol. The van der Waals surface area contributed by atoms with Crippen LogP contribution in [-0.4, -0.2) is 13.2 Å². The van der Waals surface area contributed by atoms with Crippen molar-refractivity contribution >= 4 is 37.5 Å². The zero-order valence-corrected chi connectivity index (χ0v) is 13.5. The van der Waals surface area contributed by atoms with Crippen LogP contribution in [0.4, 0.5) is 14.5 Å². The second-order valence-electron chi connectivity index (χ2n) is 3.98. The van der Waals surface area contributed by atoms with E-state index in [0.29, 0.717) is 13.2 Å².